The Kier molecular flexibility index (Phi) is 6.79. The number of carbonyl (C=O) groups excluding carboxylic acids is 2. The van der Waals surface area contributed by atoms with Crippen LogP contribution in [0.2, 0.25) is 0 Å². The van der Waals surface area contributed by atoms with Crippen LogP contribution in [0.3, 0.4) is 0 Å². The molecule has 0 aliphatic heterocycles. The summed E-state index contributed by atoms with van der Waals surface area (Å²) in [5, 5.41) is 2.89. The molecule has 0 heterocycles. The number of rotatable bonds is 7. The Morgan fingerprint density at radius 3 is 2.43 bits per heavy atom. The highest BCUT2D eigenvalue weighted by atomic mass is 16.2. The Labute approximate surface area is 140 Å². The molecule has 1 aromatic carbocycles. The minimum absolute atomic E-state index is 0.173. The summed E-state index contributed by atoms with van der Waals surface area (Å²) in [7, 11) is 0. The number of anilines is 1. The Balaban J connectivity index is 2.88. The number of hydrogen-bond donors (Lipinski definition) is 1. The van der Waals surface area contributed by atoms with Gasteiger partial charge in [0.15, 0.2) is 0 Å². The van der Waals surface area contributed by atoms with Crippen molar-refractivity contribution in [2.75, 3.05) is 18.0 Å². The predicted molar refractivity (Wildman–Crippen MR) is 95.5 cm³/mol. The van der Waals surface area contributed by atoms with Crippen LogP contribution in [-0.2, 0) is 9.59 Å². The maximum Gasteiger partial charge on any atom is 0.242 e. The van der Waals surface area contributed by atoms with Crippen molar-refractivity contribution >= 4 is 17.5 Å². The van der Waals surface area contributed by atoms with E-state index >= 15 is 0 Å². The van der Waals surface area contributed by atoms with Gasteiger partial charge in [0.1, 0.15) is 5.41 Å². The van der Waals surface area contributed by atoms with Crippen molar-refractivity contribution < 1.29 is 9.59 Å². The summed E-state index contributed by atoms with van der Waals surface area (Å²) < 4.78 is 0. The number of hydrogen-bond acceptors (Lipinski definition) is 2. The first-order chi connectivity index (χ1) is 10.7. The monoisotopic (exact) mass is 318 g/mol. The fraction of sp³-hybridized carbons (Fsp3) is 0.579. The van der Waals surface area contributed by atoms with Crippen LogP contribution in [-0.4, -0.2) is 24.9 Å². The largest absolute Gasteiger partial charge is 0.355 e. The summed E-state index contributed by atoms with van der Waals surface area (Å²) in [5.74, 6) is 0.135. The molecule has 128 valence electrons. The molecular weight excluding hydrogens is 288 g/mol. The standard InChI is InChI=1S/C19H30N2O2/c1-7-21(16-10-8-9-15(4)13-16)18(23)19(5,6)17(22)20-12-11-14(2)3/h8-10,13-14H,7,11-12H2,1-6H3,(H,20,22). The SMILES string of the molecule is CCN(C(=O)C(C)(C)C(=O)NCCC(C)C)c1cccc(C)c1. The van der Waals surface area contributed by atoms with Crippen molar-refractivity contribution in [1.82, 2.24) is 5.32 Å². The van der Waals surface area contributed by atoms with Gasteiger partial charge in [-0.05, 0) is 57.7 Å². The first-order valence-electron chi connectivity index (χ1n) is 8.37. The molecule has 0 aliphatic carbocycles. The molecule has 0 saturated heterocycles. The topological polar surface area (TPSA) is 49.4 Å². The van der Waals surface area contributed by atoms with Crippen LogP contribution < -0.4 is 10.2 Å². The molecule has 0 saturated carbocycles. The summed E-state index contributed by atoms with van der Waals surface area (Å²) in [6.07, 6.45) is 0.908. The van der Waals surface area contributed by atoms with Gasteiger partial charge in [0, 0.05) is 18.8 Å². The van der Waals surface area contributed by atoms with Crippen LogP contribution in [0.4, 0.5) is 5.69 Å². The minimum atomic E-state index is -1.09. The van der Waals surface area contributed by atoms with E-state index in [1.165, 1.54) is 0 Å². The first-order valence-corrected chi connectivity index (χ1v) is 8.37. The van der Waals surface area contributed by atoms with Gasteiger partial charge in [0.25, 0.3) is 0 Å². The van der Waals surface area contributed by atoms with Gasteiger partial charge in [-0.2, -0.15) is 0 Å². The van der Waals surface area contributed by atoms with E-state index in [0.29, 0.717) is 19.0 Å². The second-order valence-electron chi connectivity index (χ2n) is 6.95. The molecule has 0 fully saturated rings. The van der Waals surface area contributed by atoms with Crippen LogP contribution in [0.5, 0.6) is 0 Å². The van der Waals surface area contributed by atoms with Gasteiger partial charge in [-0.1, -0.05) is 26.0 Å². The number of nitrogens with zero attached hydrogens (tertiary/aromatic N) is 1. The molecule has 1 N–H and O–H groups in total. The van der Waals surface area contributed by atoms with Crippen molar-refractivity contribution in [2.24, 2.45) is 11.3 Å². The van der Waals surface area contributed by atoms with Crippen LogP contribution in [0, 0.1) is 18.3 Å². The van der Waals surface area contributed by atoms with E-state index in [4.69, 9.17) is 0 Å². The molecule has 0 unspecified atom stereocenters. The third kappa shape index (κ3) is 5.08. The maximum atomic E-state index is 12.9. The van der Waals surface area contributed by atoms with Crippen LogP contribution >= 0.6 is 0 Å². The van der Waals surface area contributed by atoms with Gasteiger partial charge in [-0.3, -0.25) is 9.59 Å². The lowest BCUT2D eigenvalue weighted by Crippen LogP contribution is -2.50. The second-order valence-corrected chi connectivity index (χ2v) is 6.95. The number of nitrogens with one attached hydrogen (secondary N) is 1. The zero-order valence-electron chi connectivity index (χ0n) is 15.3. The van der Waals surface area contributed by atoms with Crippen molar-refractivity contribution in [3.05, 3.63) is 29.8 Å². The summed E-state index contributed by atoms with van der Waals surface area (Å²) in [6.45, 7) is 12.7. The summed E-state index contributed by atoms with van der Waals surface area (Å²) in [4.78, 5) is 27.0. The minimum Gasteiger partial charge on any atom is -0.355 e. The molecule has 4 nitrogen and oxygen atoms in total. The molecule has 0 spiro atoms. The Morgan fingerprint density at radius 1 is 1.26 bits per heavy atom. The quantitative estimate of drug-likeness (QED) is 0.782. The molecule has 0 bridgehead atoms. The normalized spacial score (nSPS) is 11.4. The van der Waals surface area contributed by atoms with Gasteiger partial charge in [0.2, 0.25) is 11.8 Å². The van der Waals surface area contributed by atoms with Gasteiger partial charge < -0.3 is 10.2 Å². The highest BCUT2D eigenvalue weighted by Gasteiger charge is 2.39. The first kappa shape index (κ1) is 19.2. The lowest BCUT2D eigenvalue weighted by atomic mass is 9.89. The molecule has 0 atom stereocenters. The van der Waals surface area contributed by atoms with Crippen LogP contribution in [0.1, 0.15) is 46.6 Å². The Bertz CT molecular complexity index is 550. The highest BCUT2D eigenvalue weighted by Crippen LogP contribution is 2.25. The highest BCUT2D eigenvalue weighted by molar-refractivity contribution is 6.11. The van der Waals surface area contributed by atoms with Gasteiger partial charge in [-0.15, -0.1) is 0 Å². The van der Waals surface area contributed by atoms with Crippen molar-refractivity contribution in [3.8, 4) is 0 Å². The fourth-order valence-corrected chi connectivity index (χ4v) is 2.37. The fourth-order valence-electron chi connectivity index (χ4n) is 2.37. The third-order valence-corrected chi connectivity index (χ3v) is 3.98. The molecule has 1 rings (SSSR count). The number of carbonyl (C=O) groups is 2. The molecule has 23 heavy (non-hydrogen) atoms. The maximum absolute atomic E-state index is 12.9. The molecule has 4 heteroatoms. The Morgan fingerprint density at radius 2 is 1.91 bits per heavy atom. The Hall–Kier alpha value is -1.84. The number of benzene rings is 1. The van der Waals surface area contributed by atoms with E-state index in [0.717, 1.165) is 17.7 Å². The average molecular weight is 318 g/mol. The van der Waals surface area contributed by atoms with Gasteiger partial charge >= 0.3 is 0 Å². The van der Waals surface area contributed by atoms with E-state index in [2.05, 4.69) is 19.2 Å². The summed E-state index contributed by atoms with van der Waals surface area (Å²) in [5.41, 5.74) is 0.838. The number of amides is 2. The second kappa shape index (κ2) is 8.14. The van der Waals surface area contributed by atoms with Gasteiger partial charge in [-0.25, -0.2) is 0 Å². The van der Waals surface area contributed by atoms with Crippen molar-refractivity contribution in [3.63, 3.8) is 0 Å². The average Bonchev–Trinajstić information content (AvgIpc) is 2.47. The van der Waals surface area contributed by atoms with E-state index in [1.54, 1.807) is 18.7 Å². The summed E-state index contributed by atoms with van der Waals surface area (Å²) in [6, 6.07) is 7.79. The zero-order chi connectivity index (χ0) is 17.6. The van der Waals surface area contributed by atoms with Gasteiger partial charge in [0.05, 0.1) is 0 Å². The predicted octanol–water partition coefficient (Wildman–Crippen LogP) is 3.54. The zero-order valence-corrected chi connectivity index (χ0v) is 15.3. The van der Waals surface area contributed by atoms with E-state index < -0.39 is 5.41 Å². The lowest BCUT2D eigenvalue weighted by Gasteiger charge is -2.30. The van der Waals surface area contributed by atoms with Crippen molar-refractivity contribution in [1.29, 1.82) is 0 Å². The van der Waals surface area contributed by atoms with Crippen molar-refractivity contribution in [2.45, 2.75) is 48.0 Å². The smallest absolute Gasteiger partial charge is 0.242 e. The van der Waals surface area contributed by atoms with Crippen LogP contribution in [0.25, 0.3) is 0 Å². The van der Waals surface area contributed by atoms with E-state index in [-0.39, 0.29) is 11.8 Å². The number of aryl methyl sites for hydroxylation is 1. The lowest BCUT2D eigenvalue weighted by molar-refractivity contribution is -0.139. The molecule has 2 amide bonds. The molecule has 0 radical (unpaired) electrons. The van der Waals surface area contributed by atoms with Crippen LogP contribution in [0.15, 0.2) is 24.3 Å². The van der Waals surface area contributed by atoms with E-state index in [1.807, 2.05) is 38.1 Å². The molecule has 0 aromatic heterocycles. The van der Waals surface area contributed by atoms with E-state index in [9.17, 15) is 9.59 Å². The molecular formula is C19H30N2O2. The third-order valence-electron chi connectivity index (χ3n) is 3.98. The molecule has 1 aromatic rings. The molecule has 0 aliphatic rings. The summed E-state index contributed by atoms with van der Waals surface area (Å²) >= 11 is 0.